The van der Waals surface area contributed by atoms with Gasteiger partial charge in [-0.1, -0.05) is 18.0 Å². The Labute approximate surface area is 128 Å². The van der Waals surface area contributed by atoms with E-state index in [1.54, 1.807) is 11.8 Å². The number of nitrogens with one attached hydrogen (secondary N) is 1. The van der Waals surface area contributed by atoms with Gasteiger partial charge in [-0.05, 0) is 43.0 Å². The van der Waals surface area contributed by atoms with Crippen molar-refractivity contribution in [1.29, 1.82) is 5.26 Å². The third-order valence-electron chi connectivity index (χ3n) is 3.62. The Kier molecular flexibility index (Phi) is 5.75. The van der Waals surface area contributed by atoms with Gasteiger partial charge in [0.15, 0.2) is 0 Å². The zero-order valence-corrected chi connectivity index (χ0v) is 12.7. The molecular weight excluding hydrogens is 292 g/mol. The van der Waals surface area contributed by atoms with Crippen LogP contribution in [0.2, 0.25) is 5.02 Å². The number of amides is 1. The van der Waals surface area contributed by atoms with E-state index in [-0.39, 0.29) is 18.4 Å². The molecule has 1 N–H and O–H groups in total. The van der Waals surface area contributed by atoms with E-state index >= 15 is 0 Å². The lowest BCUT2D eigenvalue weighted by atomic mass is 9.97. The molecule has 5 heteroatoms. The van der Waals surface area contributed by atoms with Crippen molar-refractivity contribution in [3.63, 3.8) is 0 Å². The molecule has 1 aliphatic rings. The number of benzene rings is 1. The number of hydrogen-bond acceptors (Lipinski definition) is 3. The number of rotatable bonds is 5. The van der Waals surface area contributed by atoms with Gasteiger partial charge in [0.25, 0.3) is 0 Å². The molecule has 0 spiro atoms. The Balaban J connectivity index is 1.86. The summed E-state index contributed by atoms with van der Waals surface area (Å²) in [4.78, 5) is 13.2. The van der Waals surface area contributed by atoms with Gasteiger partial charge in [-0.3, -0.25) is 4.79 Å². The predicted molar refractivity (Wildman–Crippen MR) is 81.6 cm³/mol. The SMILES string of the molecule is N#CCNC(=O)C1CCCC1CSc1ccc(Cl)cc1. The second-order valence-electron chi connectivity index (χ2n) is 4.94. The third kappa shape index (κ3) is 4.16. The van der Waals surface area contributed by atoms with Crippen LogP contribution in [0, 0.1) is 23.2 Å². The Hall–Kier alpha value is -1.18. The average Bonchev–Trinajstić information content (AvgIpc) is 2.92. The van der Waals surface area contributed by atoms with E-state index < -0.39 is 0 Å². The van der Waals surface area contributed by atoms with Crippen molar-refractivity contribution in [3.8, 4) is 6.07 Å². The van der Waals surface area contributed by atoms with Crippen LogP contribution >= 0.6 is 23.4 Å². The summed E-state index contributed by atoms with van der Waals surface area (Å²) in [6, 6.07) is 9.73. The second kappa shape index (κ2) is 7.56. The van der Waals surface area contributed by atoms with E-state index in [9.17, 15) is 4.79 Å². The van der Waals surface area contributed by atoms with E-state index in [2.05, 4.69) is 5.32 Å². The van der Waals surface area contributed by atoms with Crippen molar-refractivity contribution < 1.29 is 4.79 Å². The molecule has 1 aliphatic carbocycles. The molecule has 0 saturated heterocycles. The summed E-state index contributed by atoms with van der Waals surface area (Å²) in [6.07, 6.45) is 3.12. The zero-order chi connectivity index (χ0) is 14.4. The molecule has 1 amide bonds. The monoisotopic (exact) mass is 308 g/mol. The molecule has 2 unspecified atom stereocenters. The van der Waals surface area contributed by atoms with Crippen LogP contribution in [0.3, 0.4) is 0 Å². The Morgan fingerprint density at radius 3 is 2.85 bits per heavy atom. The van der Waals surface area contributed by atoms with E-state index in [4.69, 9.17) is 16.9 Å². The smallest absolute Gasteiger partial charge is 0.224 e. The largest absolute Gasteiger partial charge is 0.343 e. The first-order valence-electron chi connectivity index (χ1n) is 6.73. The number of carbonyl (C=O) groups excluding carboxylic acids is 1. The van der Waals surface area contributed by atoms with Gasteiger partial charge in [-0.25, -0.2) is 0 Å². The number of halogens is 1. The molecule has 106 valence electrons. The molecule has 1 aromatic carbocycles. The number of carbonyl (C=O) groups is 1. The van der Waals surface area contributed by atoms with Crippen molar-refractivity contribution in [1.82, 2.24) is 5.32 Å². The van der Waals surface area contributed by atoms with Crippen LogP contribution < -0.4 is 5.32 Å². The molecule has 1 aromatic rings. The lowest BCUT2D eigenvalue weighted by molar-refractivity contribution is -0.125. The molecule has 0 bridgehead atoms. The van der Waals surface area contributed by atoms with Gasteiger partial charge in [-0.2, -0.15) is 5.26 Å². The maximum atomic E-state index is 12.0. The fourth-order valence-electron chi connectivity index (χ4n) is 2.57. The minimum Gasteiger partial charge on any atom is -0.343 e. The van der Waals surface area contributed by atoms with Gasteiger partial charge in [0.2, 0.25) is 5.91 Å². The van der Waals surface area contributed by atoms with Gasteiger partial charge < -0.3 is 5.32 Å². The Bertz CT molecular complexity index is 498. The predicted octanol–water partition coefficient (Wildman–Crippen LogP) is 3.49. The molecule has 1 saturated carbocycles. The van der Waals surface area contributed by atoms with Crippen LogP contribution in [0.1, 0.15) is 19.3 Å². The van der Waals surface area contributed by atoms with Gasteiger partial charge >= 0.3 is 0 Å². The molecule has 20 heavy (non-hydrogen) atoms. The number of hydrogen-bond donors (Lipinski definition) is 1. The fourth-order valence-corrected chi connectivity index (χ4v) is 3.83. The van der Waals surface area contributed by atoms with Crippen molar-refractivity contribution in [2.45, 2.75) is 24.2 Å². The topological polar surface area (TPSA) is 52.9 Å². The van der Waals surface area contributed by atoms with E-state index in [0.717, 1.165) is 30.0 Å². The van der Waals surface area contributed by atoms with Crippen LogP contribution in [0.25, 0.3) is 0 Å². The summed E-state index contributed by atoms with van der Waals surface area (Å²) in [7, 11) is 0. The minimum absolute atomic E-state index is 0.0331. The molecule has 0 aromatic heterocycles. The highest BCUT2D eigenvalue weighted by Crippen LogP contribution is 2.36. The van der Waals surface area contributed by atoms with E-state index in [1.165, 1.54) is 4.90 Å². The van der Waals surface area contributed by atoms with Crippen LogP contribution in [0.4, 0.5) is 0 Å². The molecule has 3 nitrogen and oxygen atoms in total. The maximum Gasteiger partial charge on any atom is 0.224 e. The summed E-state index contributed by atoms with van der Waals surface area (Å²) in [6.45, 7) is 0.104. The first kappa shape index (κ1) is 15.2. The quantitative estimate of drug-likeness (QED) is 0.669. The Morgan fingerprint density at radius 1 is 1.40 bits per heavy atom. The van der Waals surface area contributed by atoms with E-state index in [1.807, 2.05) is 30.3 Å². The van der Waals surface area contributed by atoms with Gasteiger partial charge in [0.1, 0.15) is 6.54 Å². The van der Waals surface area contributed by atoms with Crippen LogP contribution in [0.5, 0.6) is 0 Å². The highest BCUT2D eigenvalue weighted by Gasteiger charge is 2.32. The van der Waals surface area contributed by atoms with Gasteiger partial charge in [-0.15, -0.1) is 11.8 Å². The standard InChI is InChI=1S/C15H17ClN2OS/c16-12-4-6-13(7-5-12)20-10-11-2-1-3-14(11)15(19)18-9-8-17/h4-7,11,14H,1-3,9-10H2,(H,18,19). The maximum absolute atomic E-state index is 12.0. The van der Waals surface area contributed by atoms with Gasteiger partial charge in [0.05, 0.1) is 6.07 Å². The molecular formula is C15H17ClN2OS. The number of thioether (sulfide) groups is 1. The molecule has 0 aliphatic heterocycles. The summed E-state index contributed by atoms with van der Waals surface area (Å²) in [5.41, 5.74) is 0. The first-order chi connectivity index (χ1) is 9.70. The molecule has 1 fully saturated rings. The molecule has 2 atom stereocenters. The number of nitriles is 1. The van der Waals surface area contributed by atoms with Crippen molar-refractivity contribution in [2.75, 3.05) is 12.3 Å². The fraction of sp³-hybridized carbons (Fsp3) is 0.467. The zero-order valence-electron chi connectivity index (χ0n) is 11.1. The minimum atomic E-state index is 0.0331. The summed E-state index contributed by atoms with van der Waals surface area (Å²) in [5, 5.41) is 11.9. The summed E-state index contributed by atoms with van der Waals surface area (Å²) in [5.74, 6) is 1.43. The average molecular weight is 309 g/mol. The van der Waals surface area contributed by atoms with E-state index in [0.29, 0.717) is 5.92 Å². The highest BCUT2D eigenvalue weighted by molar-refractivity contribution is 7.99. The molecule has 0 radical (unpaired) electrons. The highest BCUT2D eigenvalue weighted by atomic mass is 35.5. The van der Waals surface area contributed by atoms with Crippen LogP contribution in [-0.4, -0.2) is 18.2 Å². The first-order valence-corrected chi connectivity index (χ1v) is 8.10. The summed E-state index contributed by atoms with van der Waals surface area (Å²) >= 11 is 7.63. The van der Waals surface area contributed by atoms with Crippen LogP contribution in [-0.2, 0) is 4.79 Å². The lowest BCUT2D eigenvalue weighted by Gasteiger charge is -2.18. The van der Waals surface area contributed by atoms with Crippen LogP contribution in [0.15, 0.2) is 29.2 Å². The van der Waals surface area contributed by atoms with Crippen molar-refractivity contribution in [2.24, 2.45) is 11.8 Å². The van der Waals surface area contributed by atoms with Crippen molar-refractivity contribution in [3.05, 3.63) is 29.3 Å². The number of nitrogens with zero attached hydrogens (tertiary/aromatic N) is 1. The molecule has 0 heterocycles. The normalized spacial score (nSPS) is 21.4. The molecule has 2 rings (SSSR count). The third-order valence-corrected chi connectivity index (χ3v) is 5.07. The Morgan fingerprint density at radius 2 is 2.15 bits per heavy atom. The lowest BCUT2D eigenvalue weighted by Crippen LogP contribution is -2.33. The second-order valence-corrected chi connectivity index (χ2v) is 6.47. The van der Waals surface area contributed by atoms with Gasteiger partial charge in [0, 0.05) is 21.6 Å². The van der Waals surface area contributed by atoms with Crippen molar-refractivity contribution >= 4 is 29.3 Å². The summed E-state index contributed by atoms with van der Waals surface area (Å²) < 4.78 is 0.